The number of hydrogen-bond acceptors (Lipinski definition) is 1. The molecule has 0 radical (unpaired) electrons. The molecule has 7 heteroatoms. The zero-order valence-corrected chi connectivity index (χ0v) is 7.52. The summed E-state index contributed by atoms with van der Waals surface area (Å²) in [7, 11) is 0. The molecule has 1 aromatic heterocycles. The highest BCUT2D eigenvalue weighted by molar-refractivity contribution is 5.36. The van der Waals surface area contributed by atoms with Gasteiger partial charge in [0.2, 0.25) is 5.82 Å². The molecule has 16 heavy (non-hydrogen) atoms. The van der Waals surface area contributed by atoms with Crippen molar-refractivity contribution >= 4 is 0 Å². The maximum Gasteiger partial charge on any atom is 0.200 e. The van der Waals surface area contributed by atoms with Crippen LogP contribution in [0.15, 0.2) is 18.5 Å². The molecule has 2 aromatic rings. The van der Waals surface area contributed by atoms with Crippen LogP contribution in [0.3, 0.4) is 0 Å². The Labute approximate surface area is 85.9 Å². The van der Waals surface area contributed by atoms with Gasteiger partial charge in [-0.2, -0.15) is 5.10 Å². The predicted molar refractivity (Wildman–Crippen MR) is 43.4 cm³/mol. The molecule has 1 heterocycles. The zero-order chi connectivity index (χ0) is 11.9. The summed E-state index contributed by atoms with van der Waals surface area (Å²) in [5.74, 6) is -10.0. The van der Waals surface area contributed by atoms with Gasteiger partial charge >= 0.3 is 0 Å². The number of rotatable bonds is 1. The molecular formula is C9H3F5N2. The lowest BCUT2D eigenvalue weighted by Gasteiger charge is -2.07. The van der Waals surface area contributed by atoms with Crippen molar-refractivity contribution in [3.8, 4) is 5.69 Å². The van der Waals surface area contributed by atoms with Crippen LogP contribution in [0.1, 0.15) is 0 Å². The Morgan fingerprint density at radius 2 is 1.31 bits per heavy atom. The van der Waals surface area contributed by atoms with Gasteiger partial charge in [-0.1, -0.05) is 0 Å². The van der Waals surface area contributed by atoms with E-state index in [4.69, 9.17) is 0 Å². The Bertz CT molecular complexity index is 506. The van der Waals surface area contributed by atoms with Crippen LogP contribution in [-0.2, 0) is 0 Å². The summed E-state index contributed by atoms with van der Waals surface area (Å²) in [5, 5.41) is 3.40. The average molecular weight is 234 g/mol. The van der Waals surface area contributed by atoms with Crippen molar-refractivity contribution < 1.29 is 22.0 Å². The van der Waals surface area contributed by atoms with E-state index in [-0.39, 0.29) is 0 Å². The fraction of sp³-hybridized carbons (Fsp3) is 0. The summed E-state index contributed by atoms with van der Waals surface area (Å²) in [5.41, 5.74) is -1.10. The van der Waals surface area contributed by atoms with Gasteiger partial charge in [-0.05, 0) is 6.07 Å². The molecule has 0 fully saturated rings. The molecule has 0 spiro atoms. The van der Waals surface area contributed by atoms with E-state index < -0.39 is 34.8 Å². The first kappa shape index (κ1) is 10.6. The van der Waals surface area contributed by atoms with Gasteiger partial charge in [0, 0.05) is 12.4 Å². The summed E-state index contributed by atoms with van der Waals surface area (Å²) in [6.07, 6.45) is 2.22. The molecule has 0 aliphatic heterocycles. The van der Waals surface area contributed by atoms with Crippen LogP contribution in [0.2, 0.25) is 0 Å². The van der Waals surface area contributed by atoms with Crippen molar-refractivity contribution in [2.75, 3.05) is 0 Å². The van der Waals surface area contributed by atoms with E-state index in [2.05, 4.69) is 5.10 Å². The van der Waals surface area contributed by atoms with Crippen LogP contribution in [0.5, 0.6) is 0 Å². The van der Waals surface area contributed by atoms with E-state index in [0.29, 0.717) is 4.68 Å². The molecule has 2 rings (SSSR count). The van der Waals surface area contributed by atoms with Gasteiger partial charge in [0.1, 0.15) is 5.69 Å². The first-order valence-electron chi connectivity index (χ1n) is 4.05. The Kier molecular flexibility index (Phi) is 2.37. The third-order valence-corrected chi connectivity index (χ3v) is 1.92. The van der Waals surface area contributed by atoms with E-state index in [1.54, 1.807) is 0 Å². The molecule has 2 nitrogen and oxygen atoms in total. The molecule has 84 valence electrons. The Hall–Kier alpha value is -1.92. The van der Waals surface area contributed by atoms with Crippen LogP contribution in [0.25, 0.3) is 5.69 Å². The van der Waals surface area contributed by atoms with Gasteiger partial charge in [0.15, 0.2) is 23.3 Å². The molecule has 0 saturated carbocycles. The molecule has 0 N–H and O–H groups in total. The minimum Gasteiger partial charge on any atom is -0.235 e. The molecular weight excluding hydrogens is 231 g/mol. The summed E-state index contributed by atoms with van der Waals surface area (Å²) >= 11 is 0. The smallest absolute Gasteiger partial charge is 0.200 e. The monoisotopic (exact) mass is 234 g/mol. The van der Waals surface area contributed by atoms with E-state index in [0.717, 1.165) is 12.4 Å². The average Bonchev–Trinajstić information content (AvgIpc) is 2.77. The van der Waals surface area contributed by atoms with Crippen LogP contribution < -0.4 is 0 Å². The minimum absolute atomic E-state index is 0.566. The molecule has 0 bridgehead atoms. The van der Waals surface area contributed by atoms with Crippen molar-refractivity contribution in [3.63, 3.8) is 0 Å². The second kappa shape index (κ2) is 3.58. The normalized spacial score (nSPS) is 10.8. The third-order valence-electron chi connectivity index (χ3n) is 1.92. The molecule has 0 atom stereocenters. The van der Waals surface area contributed by atoms with E-state index >= 15 is 0 Å². The maximum absolute atomic E-state index is 13.2. The Morgan fingerprint density at radius 1 is 0.812 bits per heavy atom. The van der Waals surface area contributed by atoms with Gasteiger partial charge in [-0.3, -0.25) is 0 Å². The number of benzene rings is 1. The van der Waals surface area contributed by atoms with Gasteiger partial charge in [0.05, 0.1) is 0 Å². The van der Waals surface area contributed by atoms with Crippen molar-refractivity contribution in [2.45, 2.75) is 0 Å². The van der Waals surface area contributed by atoms with Gasteiger partial charge in [-0.25, -0.2) is 26.6 Å². The molecule has 0 saturated heterocycles. The predicted octanol–water partition coefficient (Wildman–Crippen LogP) is 2.57. The van der Waals surface area contributed by atoms with Crippen molar-refractivity contribution in [1.82, 2.24) is 9.78 Å². The zero-order valence-electron chi connectivity index (χ0n) is 7.52. The molecule has 0 unspecified atom stereocenters. The van der Waals surface area contributed by atoms with Crippen LogP contribution in [0.4, 0.5) is 22.0 Å². The van der Waals surface area contributed by atoms with Gasteiger partial charge in [-0.15, -0.1) is 0 Å². The van der Waals surface area contributed by atoms with Crippen LogP contribution in [-0.4, -0.2) is 9.78 Å². The summed E-state index contributed by atoms with van der Waals surface area (Å²) in [4.78, 5) is 0. The van der Waals surface area contributed by atoms with Gasteiger partial charge < -0.3 is 0 Å². The number of nitrogens with zero attached hydrogens (tertiary/aromatic N) is 2. The summed E-state index contributed by atoms with van der Waals surface area (Å²) in [6, 6.07) is 1.29. The van der Waals surface area contributed by atoms with E-state index in [1.165, 1.54) is 6.07 Å². The van der Waals surface area contributed by atoms with Crippen molar-refractivity contribution in [2.24, 2.45) is 0 Å². The summed E-state index contributed by atoms with van der Waals surface area (Å²) in [6.45, 7) is 0. The number of hydrogen-bond donors (Lipinski definition) is 0. The minimum atomic E-state index is -2.19. The van der Waals surface area contributed by atoms with Crippen LogP contribution in [0, 0.1) is 29.1 Å². The van der Waals surface area contributed by atoms with Crippen molar-refractivity contribution in [3.05, 3.63) is 47.5 Å². The number of halogens is 5. The second-order valence-corrected chi connectivity index (χ2v) is 2.87. The highest BCUT2D eigenvalue weighted by Gasteiger charge is 2.26. The largest absolute Gasteiger partial charge is 0.235 e. The SMILES string of the molecule is Fc1c(F)c(F)c(-n2cccn2)c(F)c1F. The Balaban J connectivity index is 2.81. The molecule has 1 aromatic carbocycles. The van der Waals surface area contributed by atoms with E-state index in [1.807, 2.05) is 0 Å². The first-order chi connectivity index (χ1) is 7.54. The van der Waals surface area contributed by atoms with Gasteiger partial charge in [0.25, 0.3) is 0 Å². The fourth-order valence-electron chi connectivity index (χ4n) is 1.20. The quantitative estimate of drug-likeness (QED) is 0.421. The molecule has 0 amide bonds. The standard InChI is InChI=1S/C9H3F5N2/c10-4-5(11)7(13)9(8(14)6(4)12)16-3-1-2-15-16/h1-3H. The lowest BCUT2D eigenvalue weighted by atomic mass is 10.2. The van der Waals surface area contributed by atoms with E-state index in [9.17, 15) is 22.0 Å². The fourth-order valence-corrected chi connectivity index (χ4v) is 1.20. The van der Waals surface area contributed by atoms with Crippen LogP contribution >= 0.6 is 0 Å². The highest BCUT2D eigenvalue weighted by Crippen LogP contribution is 2.25. The lowest BCUT2D eigenvalue weighted by Crippen LogP contribution is -2.09. The maximum atomic E-state index is 13.2. The highest BCUT2D eigenvalue weighted by atomic mass is 19.2. The van der Waals surface area contributed by atoms with Crippen molar-refractivity contribution in [1.29, 1.82) is 0 Å². The molecule has 0 aliphatic carbocycles. The second-order valence-electron chi connectivity index (χ2n) is 2.87. The topological polar surface area (TPSA) is 17.8 Å². The summed E-state index contributed by atoms with van der Waals surface area (Å²) < 4.78 is 65.2. The first-order valence-corrected chi connectivity index (χ1v) is 4.05. The third kappa shape index (κ3) is 1.36. The molecule has 0 aliphatic rings. The number of aromatic nitrogens is 2. The lowest BCUT2D eigenvalue weighted by molar-refractivity contribution is 0.374. The Morgan fingerprint density at radius 3 is 1.75 bits per heavy atom.